The van der Waals surface area contributed by atoms with Gasteiger partial charge < -0.3 is 10.6 Å². The molecule has 0 aliphatic carbocycles. The molecule has 2 heterocycles. The molecule has 2 N–H and O–H groups in total. The fraction of sp³-hybridized carbons (Fsp3) is 0.391. The number of benzene rings is 1. The van der Waals surface area contributed by atoms with Crippen molar-refractivity contribution in [3.05, 3.63) is 51.8 Å². The van der Waals surface area contributed by atoms with Crippen molar-refractivity contribution < 1.29 is 9.59 Å². The summed E-state index contributed by atoms with van der Waals surface area (Å²) in [7, 11) is 1.53. The standard InChI is InChI=1S/C23H28ClN5O2/c1-12(2)18-11-16(19-13(3)28-29(20(19)27-18)23(4,5)6)22(31)26-14-8-9-17(24)15(10-14)21(30)25-7/h8-12H,1-7H3,(H,25,30)(H,26,31). The third kappa shape index (κ3) is 4.42. The molecule has 0 aliphatic rings. The summed E-state index contributed by atoms with van der Waals surface area (Å²) in [6.07, 6.45) is 0. The van der Waals surface area contributed by atoms with Crippen LogP contribution in [-0.2, 0) is 5.54 Å². The third-order valence-corrected chi connectivity index (χ3v) is 5.33. The zero-order valence-electron chi connectivity index (χ0n) is 18.9. The molecule has 164 valence electrons. The van der Waals surface area contributed by atoms with Crippen LogP contribution in [0.3, 0.4) is 0 Å². The van der Waals surface area contributed by atoms with E-state index in [9.17, 15) is 9.59 Å². The predicted octanol–water partition coefficient (Wildman–Crippen LogP) is 4.88. The van der Waals surface area contributed by atoms with Crippen LogP contribution in [0.5, 0.6) is 0 Å². The number of pyridine rings is 1. The molecule has 2 aromatic heterocycles. The number of aromatic nitrogens is 3. The molecule has 8 heteroatoms. The molecule has 0 unspecified atom stereocenters. The van der Waals surface area contributed by atoms with Gasteiger partial charge in [-0.1, -0.05) is 25.4 Å². The number of hydrogen-bond acceptors (Lipinski definition) is 4. The first-order valence-electron chi connectivity index (χ1n) is 10.2. The van der Waals surface area contributed by atoms with E-state index in [1.807, 2.05) is 31.5 Å². The summed E-state index contributed by atoms with van der Waals surface area (Å²) in [5.74, 6) is -0.484. The molecule has 0 aliphatic heterocycles. The summed E-state index contributed by atoms with van der Waals surface area (Å²) in [5, 5.41) is 11.2. The normalized spacial score (nSPS) is 11.8. The van der Waals surface area contributed by atoms with Gasteiger partial charge in [0.2, 0.25) is 0 Å². The first-order chi connectivity index (χ1) is 14.4. The van der Waals surface area contributed by atoms with Crippen molar-refractivity contribution in [3.63, 3.8) is 0 Å². The van der Waals surface area contributed by atoms with Crippen molar-refractivity contribution in [2.75, 3.05) is 12.4 Å². The largest absolute Gasteiger partial charge is 0.355 e. The van der Waals surface area contributed by atoms with Gasteiger partial charge in [-0.25, -0.2) is 9.67 Å². The lowest BCUT2D eigenvalue weighted by Gasteiger charge is -2.20. The highest BCUT2D eigenvalue weighted by atomic mass is 35.5. The second-order valence-corrected chi connectivity index (χ2v) is 9.25. The number of fused-ring (bicyclic) bond motifs is 1. The quantitative estimate of drug-likeness (QED) is 0.603. The second kappa shape index (κ2) is 8.30. The van der Waals surface area contributed by atoms with Gasteiger partial charge in [0.15, 0.2) is 5.65 Å². The molecule has 7 nitrogen and oxygen atoms in total. The smallest absolute Gasteiger partial charge is 0.256 e. The van der Waals surface area contributed by atoms with Crippen LogP contribution in [0, 0.1) is 6.92 Å². The lowest BCUT2D eigenvalue weighted by molar-refractivity contribution is 0.0961. The van der Waals surface area contributed by atoms with Crippen LogP contribution in [-0.4, -0.2) is 33.6 Å². The Kier molecular flexibility index (Phi) is 6.09. The van der Waals surface area contributed by atoms with Crippen molar-refractivity contribution in [1.29, 1.82) is 0 Å². The highest BCUT2D eigenvalue weighted by molar-refractivity contribution is 6.34. The van der Waals surface area contributed by atoms with Gasteiger partial charge >= 0.3 is 0 Å². The number of nitrogens with one attached hydrogen (secondary N) is 2. The van der Waals surface area contributed by atoms with E-state index in [-0.39, 0.29) is 23.3 Å². The SMILES string of the molecule is CNC(=O)c1cc(NC(=O)c2cc(C(C)C)nc3c2c(C)nn3C(C)(C)C)ccc1Cl. The molecule has 2 amide bonds. The monoisotopic (exact) mass is 441 g/mol. The van der Waals surface area contributed by atoms with Gasteiger partial charge in [0, 0.05) is 18.4 Å². The van der Waals surface area contributed by atoms with Crippen molar-refractivity contribution in [2.24, 2.45) is 0 Å². The highest BCUT2D eigenvalue weighted by Gasteiger charge is 2.25. The summed E-state index contributed by atoms with van der Waals surface area (Å²) >= 11 is 6.13. The molecule has 0 atom stereocenters. The van der Waals surface area contributed by atoms with Gasteiger partial charge in [-0.05, 0) is 57.9 Å². The van der Waals surface area contributed by atoms with Crippen molar-refractivity contribution in [1.82, 2.24) is 20.1 Å². The minimum atomic E-state index is -0.322. The molecule has 31 heavy (non-hydrogen) atoms. The first kappa shape index (κ1) is 22.7. The number of carbonyl (C=O) groups excluding carboxylic acids is 2. The Morgan fingerprint density at radius 2 is 1.77 bits per heavy atom. The Morgan fingerprint density at radius 3 is 2.35 bits per heavy atom. The van der Waals surface area contributed by atoms with E-state index in [0.717, 1.165) is 16.8 Å². The molecular weight excluding hydrogens is 414 g/mol. The van der Waals surface area contributed by atoms with Gasteiger partial charge in [0.05, 0.1) is 32.8 Å². The maximum Gasteiger partial charge on any atom is 0.256 e. The van der Waals surface area contributed by atoms with E-state index < -0.39 is 0 Å². The molecule has 0 saturated heterocycles. The Hall–Kier alpha value is -2.93. The number of amides is 2. The van der Waals surface area contributed by atoms with Crippen LogP contribution in [0.15, 0.2) is 24.3 Å². The molecule has 1 aromatic carbocycles. The summed E-state index contributed by atoms with van der Waals surface area (Å²) in [5.41, 5.74) is 3.21. The fourth-order valence-electron chi connectivity index (χ4n) is 3.36. The summed E-state index contributed by atoms with van der Waals surface area (Å²) in [6.45, 7) is 12.1. The zero-order valence-corrected chi connectivity index (χ0v) is 19.7. The maximum absolute atomic E-state index is 13.3. The van der Waals surface area contributed by atoms with Gasteiger partial charge in [-0.15, -0.1) is 0 Å². The molecule has 0 fully saturated rings. The summed E-state index contributed by atoms with van der Waals surface area (Å²) in [4.78, 5) is 30.2. The number of nitrogens with zero attached hydrogens (tertiary/aromatic N) is 3. The lowest BCUT2D eigenvalue weighted by atomic mass is 10.0. The third-order valence-electron chi connectivity index (χ3n) is 5.00. The van der Waals surface area contributed by atoms with E-state index >= 15 is 0 Å². The number of aryl methyl sites for hydroxylation is 1. The second-order valence-electron chi connectivity index (χ2n) is 8.84. The van der Waals surface area contributed by atoms with E-state index in [1.165, 1.54) is 7.05 Å². The highest BCUT2D eigenvalue weighted by Crippen LogP contribution is 2.30. The lowest BCUT2D eigenvalue weighted by Crippen LogP contribution is -2.24. The van der Waals surface area contributed by atoms with Crippen LogP contribution in [0.1, 0.15) is 72.6 Å². The van der Waals surface area contributed by atoms with E-state index in [4.69, 9.17) is 16.6 Å². The van der Waals surface area contributed by atoms with Gasteiger partial charge in [-0.2, -0.15) is 5.10 Å². The van der Waals surface area contributed by atoms with E-state index in [2.05, 4.69) is 36.5 Å². The van der Waals surface area contributed by atoms with Crippen LogP contribution in [0.2, 0.25) is 5.02 Å². The molecular formula is C23H28ClN5O2. The average Bonchev–Trinajstić information content (AvgIpc) is 3.05. The summed E-state index contributed by atoms with van der Waals surface area (Å²) < 4.78 is 1.87. The van der Waals surface area contributed by atoms with Crippen LogP contribution < -0.4 is 10.6 Å². The average molecular weight is 442 g/mol. The summed E-state index contributed by atoms with van der Waals surface area (Å²) in [6, 6.07) is 6.64. The first-order valence-corrected chi connectivity index (χ1v) is 10.6. The molecule has 0 saturated carbocycles. The number of carbonyl (C=O) groups is 2. The van der Waals surface area contributed by atoms with E-state index in [1.54, 1.807) is 18.2 Å². The number of halogens is 1. The van der Waals surface area contributed by atoms with Gasteiger partial charge in [0.1, 0.15) is 0 Å². The Morgan fingerprint density at radius 1 is 1.10 bits per heavy atom. The van der Waals surface area contributed by atoms with Crippen LogP contribution in [0.25, 0.3) is 11.0 Å². The number of rotatable bonds is 4. The van der Waals surface area contributed by atoms with Gasteiger partial charge in [0.25, 0.3) is 11.8 Å². The van der Waals surface area contributed by atoms with Crippen molar-refractivity contribution >= 4 is 40.1 Å². The number of hydrogen-bond donors (Lipinski definition) is 2. The minimum absolute atomic E-state index is 0.134. The molecule has 3 aromatic rings. The minimum Gasteiger partial charge on any atom is -0.355 e. The topological polar surface area (TPSA) is 88.9 Å². The Labute approximate surface area is 187 Å². The molecule has 0 radical (unpaired) electrons. The van der Waals surface area contributed by atoms with Crippen molar-refractivity contribution in [2.45, 2.75) is 53.0 Å². The molecule has 3 rings (SSSR count). The van der Waals surface area contributed by atoms with Crippen LogP contribution >= 0.6 is 11.6 Å². The Balaban J connectivity index is 2.13. The fourth-order valence-corrected chi connectivity index (χ4v) is 3.56. The zero-order chi connectivity index (χ0) is 23.1. The van der Waals surface area contributed by atoms with E-state index in [0.29, 0.717) is 27.5 Å². The van der Waals surface area contributed by atoms with Gasteiger partial charge in [-0.3, -0.25) is 9.59 Å². The Bertz CT molecular complexity index is 1170. The van der Waals surface area contributed by atoms with Crippen molar-refractivity contribution in [3.8, 4) is 0 Å². The molecule has 0 bridgehead atoms. The predicted molar refractivity (Wildman–Crippen MR) is 124 cm³/mol. The number of anilines is 1. The maximum atomic E-state index is 13.3. The molecule has 0 spiro atoms. The van der Waals surface area contributed by atoms with Crippen LogP contribution in [0.4, 0.5) is 5.69 Å².